The fourth-order valence-corrected chi connectivity index (χ4v) is 14.6. The predicted molar refractivity (Wildman–Crippen MR) is 224 cm³/mol. The van der Waals surface area contributed by atoms with E-state index in [1.54, 1.807) is 0 Å². The van der Waals surface area contributed by atoms with E-state index in [1.165, 1.54) is 18.1 Å². The molecular weight excluding hydrogens is 837 g/mol. The summed E-state index contributed by atoms with van der Waals surface area (Å²) in [5.74, 6) is 0.824. The predicted octanol–water partition coefficient (Wildman–Crippen LogP) is 0.922. The van der Waals surface area contributed by atoms with Gasteiger partial charge in [-0.25, -0.2) is 0 Å². The van der Waals surface area contributed by atoms with Crippen LogP contribution in [-0.4, -0.2) is 168 Å². The third-order valence-electron chi connectivity index (χ3n) is 18.4. The van der Waals surface area contributed by atoms with Crippen LogP contribution in [0.1, 0.15) is 119 Å². The molecule has 3 aliphatic heterocycles. The van der Waals surface area contributed by atoms with E-state index in [1.807, 2.05) is 0 Å². The molecule has 3 saturated carbocycles. The number of fused-ring (bicyclic) bond motifs is 6. The maximum Gasteiger partial charge on any atom is 0.315 e. The zero-order chi connectivity index (χ0) is 46.6. The molecule has 0 unspecified atom stereocenters. The van der Waals surface area contributed by atoms with E-state index >= 15 is 0 Å². The smallest absolute Gasteiger partial charge is 0.315 e. The van der Waals surface area contributed by atoms with Gasteiger partial charge in [-0.3, -0.25) is 4.79 Å². The molecule has 0 aromatic heterocycles. The van der Waals surface area contributed by atoms with Crippen LogP contribution in [0.2, 0.25) is 0 Å². The molecule has 3 saturated heterocycles. The average molecular weight is 913 g/mol. The first kappa shape index (κ1) is 49.0. The van der Waals surface area contributed by atoms with Crippen molar-refractivity contribution in [3.63, 3.8) is 0 Å². The third-order valence-corrected chi connectivity index (χ3v) is 18.4. The van der Waals surface area contributed by atoms with Gasteiger partial charge in [-0.1, -0.05) is 52.7 Å². The van der Waals surface area contributed by atoms with E-state index in [-0.39, 0.29) is 22.3 Å². The number of ether oxygens (including phenoxy) is 6. The van der Waals surface area contributed by atoms with Crippen LogP contribution in [0.4, 0.5) is 0 Å². The molecule has 0 aromatic carbocycles. The molecule has 0 bridgehead atoms. The summed E-state index contributed by atoms with van der Waals surface area (Å²) in [6.07, 6.45) is -15.0. The van der Waals surface area contributed by atoms with Crippen LogP contribution >= 0.6 is 0 Å². The van der Waals surface area contributed by atoms with Gasteiger partial charge in [-0.2, -0.15) is 0 Å². The highest BCUT2D eigenvalue weighted by atomic mass is 16.8. The van der Waals surface area contributed by atoms with E-state index in [0.29, 0.717) is 30.6 Å². The van der Waals surface area contributed by atoms with Crippen LogP contribution in [0.25, 0.3) is 0 Å². The minimum absolute atomic E-state index is 0.0579. The SMILES string of the molecule is C[C@@H]1O[C@@H](O[C@H]2[C@H](O)[C@@H](O)[C@H](OC[C@H]3O[C@@H](OC(=O)[C@@]45CCC6=C(CC[C@H]7[C@H]6CC[C@H]6C(C)(C)[C@@H](O)CC[C@]76C)[C@]4(C)CC(C)(C)CC5)[C@H](O)[C@@H](O)[C@@H]3O)O[C@@H]2CO)[C@H](O)[C@H](O)[C@H]1O. The van der Waals surface area contributed by atoms with Gasteiger partial charge in [-0.05, 0) is 112 Å². The quantitative estimate of drug-likeness (QED) is 0.120. The number of carbonyl (C=O) groups is 1. The average Bonchev–Trinajstić information content (AvgIpc) is 3.24. The van der Waals surface area contributed by atoms with E-state index in [9.17, 15) is 55.9 Å². The Balaban J connectivity index is 0.967. The van der Waals surface area contributed by atoms with Gasteiger partial charge < -0.3 is 79.5 Å². The monoisotopic (exact) mass is 913 g/mol. The van der Waals surface area contributed by atoms with Crippen molar-refractivity contribution in [1.82, 2.24) is 0 Å². The highest BCUT2D eigenvalue weighted by Crippen LogP contribution is 2.71. The Labute approximate surface area is 376 Å². The number of hydrogen-bond donors (Lipinski definition) is 10. The van der Waals surface area contributed by atoms with Crippen LogP contribution in [0.5, 0.6) is 0 Å². The third kappa shape index (κ3) is 7.85. The maximum absolute atomic E-state index is 15.0. The minimum atomic E-state index is -1.83. The van der Waals surface area contributed by atoms with E-state index in [0.717, 1.165) is 57.8 Å². The number of aliphatic hydroxyl groups excluding tert-OH is 10. The number of hydrogen-bond acceptors (Lipinski definition) is 17. The zero-order valence-electron chi connectivity index (χ0n) is 38.5. The molecule has 366 valence electrons. The first-order valence-electron chi connectivity index (χ1n) is 23.8. The minimum Gasteiger partial charge on any atom is -0.432 e. The van der Waals surface area contributed by atoms with Gasteiger partial charge in [0.05, 0.1) is 30.8 Å². The normalized spacial score (nSPS) is 52.4. The first-order chi connectivity index (χ1) is 29.9. The second kappa shape index (κ2) is 17.5. The van der Waals surface area contributed by atoms with Crippen molar-refractivity contribution < 1.29 is 84.3 Å². The second-order valence-corrected chi connectivity index (χ2v) is 22.8. The highest BCUT2D eigenvalue weighted by molar-refractivity contribution is 5.80. The lowest BCUT2D eigenvalue weighted by Crippen LogP contribution is -2.65. The second-order valence-electron chi connectivity index (χ2n) is 22.8. The van der Waals surface area contributed by atoms with Crippen LogP contribution in [0.3, 0.4) is 0 Å². The van der Waals surface area contributed by atoms with Gasteiger partial charge >= 0.3 is 5.97 Å². The molecule has 0 aromatic rings. The van der Waals surface area contributed by atoms with Crippen LogP contribution in [0, 0.1) is 44.8 Å². The zero-order valence-corrected chi connectivity index (χ0v) is 38.5. The molecule has 64 heavy (non-hydrogen) atoms. The molecule has 6 fully saturated rings. The van der Waals surface area contributed by atoms with Crippen molar-refractivity contribution in [3.8, 4) is 0 Å². The Morgan fingerprint density at radius 1 is 0.672 bits per heavy atom. The summed E-state index contributed by atoms with van der Waals surface area (Å²) in [6, 6.07) is 0. The van der Waals surface area contributed by atoms with Crippen molar-refractivity contribution >= 4 is 5.97 Å². The Hall–Kier alpha value is -1.39. The Kier molecular flexibility index (Phi) is 13.4. The van der Waals surface area contributed by atoms with E-state index in [2.05, 4.69) is 41.5 Å². The number of esters is 1. The van der Waals surface area contributed by atoms with Crippen molar-refractivity contribution in [2.45, 2.75) is 217 Å². The van der Waals surface area contributed by atoms with Gasteiger partial charge in [0.25, 0.3) is 0 Å². The Bertz CT molecular complexity index is 1740. The summed E-state index contributed by atoms with van der Waals surface area (Å²) in [6.45, 7) is 13.8. The molecule has 10 N–H and O–H groups in total. The highest BCUT2D eigenvalue weighted by Gasteiger charge is 2.66. The molecule has 17 nitrogen and oxygen atoms in total. The molecule has 3 heterocycles. The van der Waals surface area contributed by atoms with Crippen LogP contribution in [-0.2, 0) is 33.2 Å². The fourth-order valence-electron chi connectivity index (χ4n) is 14.6. The summed E-state index contributed by atoms with van der Waals surface area (Å²) in [5.41, 5.74) is 1.29. The first-order valence-corrected chi connectivity index (χ1v) is 23.8. The Morgan fingerprint density at radius 2 is 1.33 bits per heavy atom. The summed E-state index contributed by atoms with van der Waals surface area (Å²) in [7, 11) is 0. The number of aliphatic hydroxyl groups is 10. The molecule has 5 aliphatic carbocycles. The summed E-state index contributed by atoms with van der Waals surface area (Å²) in [4.78, 5) is 15.0. The van der Waals surface area contributed by atoms with E-state index < -0.39 is 122 Å². The topological polar surface area (TPSA) is 275 Å². The standard InChI is InChI=1S/C47H76O17/c1-21-30(50)32(52)35(55)40(60-21)63-38-26(18-48)61-39(37(57)34(38)54)59-19-27-31(51)33(53)36(56)41(62-27)64-42(58)47-15-12-23-22-8-11-28-44(4,5)29(49)13-14-45(28,6)24(22)9-10-25(23)46(47,7)20-43(2,3)16-17-47/h21-22,24,26-41,48-57H,8-20H2,1-7H3/t21-,22-,24-,26+,27+,28-,29-,30-,31+,32+,33-,34+,35+,36+,37+,38+,39+,40-,41-,45+,46-,47-/m0/s1. The summed E-state index contributed by atoms with van der Waals surface area (Å²) < 4.78 is 34.8. The summed E-state index contributed by atoms with van der Waals surface area (Å²) >= 11 is 0. The van der Waals surface area contributed by atoms with Crippen molar-refractivity contribution in [2.75, 3.05) is 13.2 Å². The molecule has 0 spiro atoms. The van der Waals surface area contributed by atoms with Crippen molar-refractivity contribution in [1.29, 1.82) is 0 Å². The number of carbonyl (C=O) groups excluding carboxylic acids is 1. The van der Waals surface area contributed by atoms with E-state index in [4.69, 9.17) is 28.4 Å². The Morgan fingerprint density at radius 3 is 2.03 bits per heavy atom. The molecule has 8 aliphatic rings. The lowest BCUT2D eigenvalue weighted by Gasteiger charge is -2.65. The number of allylic oxidation sites excluding steroid dienone is 2. The van der Waals surface area contributed by atoms with Gasteiger partial charge in [0.15, 0.2) is 12.6 Å². The molecule has 0 amide bonds. The van der Waals surface area contributed by atoms with Gasteiger partial charge in [-0.15, -0.1) is 0 Å². The van der Waals surface area contributed by atoms with Crippen molar-refractivity contribution in [3.05, 3.63) is 11.1 Å². The molecule has 8 rings (SSSR count). The molecule has 17 heteroatoms. The van der Waals surface area contributed by atoms with Gasteiger partial charge in [0.2, 0.25) is 6.29 Å². The maximum atomic E-state index is 15.0. The van der Waals surface area contributed by atoms with Gasteiger partial charge in [0.1, 0.15) is 67.1 Å². The fraction of sp³-hybridized carbons (Fsp3) is 0.936. The summed E-state index contributed by atoms with van der Waals surface area (Å²) in [5, 5.41) is 107. The molecular formula is C47H76O17. The molecule has 22 atom stereocenters. The lowest BCUT2D eigenvalue weighted by molar-refractivity contribution is -0.361. The number of rotatable bonds is 8. The lowest BCUT2D eigenvalue weighted by atomic mass is 9.39. The van der Waals surface area contributed by atoms with Gasteiger partial charge in [0, 0.05) is 5.41 Å². The van der Waals surface area contributed by atoms with Crippen molar-refractivity contribution in [2.24, 2.45) is 44.8 Å². The van der Waals surface area contributed by atoms with Crippen LogP contribution < -0.4 is 0 Å². The largest absolute Gasteiger partial charge is 0.432 e. The molecule has 0 radical (unpaired) electrons. The van der Waals surface area contributed by atoms with Crippen LogP contribution in [0.15, 0.2) is 11.1 Å².